The molecule has 3 aromatic rings. The average Bonchev–Trinajstić information content (AvgIpc) is 2.96. The minimum atomic E-state index is 0.516. The lowest BCUT2D eigenvalue weighted by molar-refractivity contribution is 0.183. The third kappa shape index (κ3) is 4.73. The van der Waals surface area contributed by atoms with Crippen LogP contribution in [0, 0.1) is 0 Å². The number of aliphatic imine (C=N–C) groups is 1. The Bertz CT molecular complexity index is 1110. The maximum Gasteiger partial charge on any atom is 0.229 e. The summed E-state index contributed by atoms with van der Waals surface area (Å²) in [6.07, 6.45) is 5.71. The summed E-state index contributed by atoms with van der Waals surface area (Å²) in [7, 11) is 0. The van der Waals surface area contributed by atoms with Gasteiger partial charge in [-0.05, 0) is 63.2 Å². The average molecular weight is 429 g/mol. The van der Waals surface area contributed by atoms with Crippen molar-refractivity contribution in [1.82, 2.24) is 14.9 Å². The van der Waals surface area contributed by atoms with E-state index in [0.717, 1.165) is 40.6 Å². The van der Waals surface area contributed by atoms with Gasteiger partial charge in [-0.2, -0.15) is 4.98 Å². The number of nitrogens with zero attached hydrogens (tertiary/aromatic N) is 4. The highest BCUT2D eigenvalue weighted by molar-refractivity contribution is 6.07. The van der Waals surface area contributed by atoms with Crippen LogP contribution in [-0.2, 0) is 0 Å². The fraction of sp³-hybridized carbons (Fsp3) is 0.320. The summed E-state index contributed by atoms with van der Waals surface area (Å²) < 4.78 is 5.92. The summed E-state index contributed by atoms with van der Waals surface area (Å²) >= 11 is 0. The Morgan fingerprint density at radius 1 is 1.03 bits per heavy atom. The largest absolute Gasteiger partial charge is 0.492 e. The standard InChI is InChI=1S/C25H28N6O/c1-18-21-7-3-4-8-22(21)29-24-23(27-18)17-26-25(30-24)28-19-9-11-20(12-10-19)32-16-15-31-13-5-2-6-14-31/h3-4,7-12,17H,2,5-6,13-16H2,1H3,(H2,26,28,29,30). The van der Waals surface area contributed by atoms with E-state index in [0.29, 0.717) is 18.4 Å². The highest BCUT2D eigenvalue weighted by atomic mass is 16.5. The highest BCUT2D eigenvalue weighted by Crippen LogP contribution is 2.33. The van der Waals surface area contributed by atoms with Gasteiger partial charge in [0.1, 0.15) is 18.0 Å². The SMILES string of the molecule is CC1=Nc2cnc(Nc3ccc(OCCN4CCCCC4)cc3)nc2Nc2ccccc21. The number of likely N-dealkylation sites (tertiary alicyclic amines) is 1. The van der Waals surface area contributed by atoms with Crippen LogP contribution in [0.1, 0.15) is 31.7 Å². The molecular formula is C25H28N6O. The van der Waals surface area contributed by atoms with E-state index in [1.54, 1.807) is 6.20 Å². The van der Waals surface area contributed by atoms with Crippen molar-refractivity contribution in [2.75, 3.05) is 36.9 Å². The minimum Gasteiger partial charge on any atom is -0.492 e. The molecule has 3 heterocycles. The van der Waals surface area contributed by atoms with Crippen LogP contribution in [0.5, 0.6) is 5.75 Å². The summed E-state index contributed by atoms with van der Waals surface area (Å²) in [6.45, 7) is 6.09. The number of hydrogen-bond donors (Lipinski definition) is 2. The second-order valence-corrected chi connectivity index (χ2v) is 8.20. The van der Waals surface area contributed by atoms with Crippen LogP contribution in [0.4, 0.5) is 28.8 Å². The molecular weight excluding hydrogens is 400 g/mol. The van der Waals surface area contributed by atoms with E-state index in [2.05, 4.69) is 36.6 Å². The summed E-state index contributed by atoms with van der Waals surface area (Å²) in [6, 6.07) is 16.0. The van der Waals surface area contributed by atoms with Gasteiger partial charge in [0.2, 0.25) is 5.95 Å². The van der Waals surface area contributed by atoms with E-state index in [1.807, 2.05) is 49.4 Å². The number of fused-ring (bicyclic) bond motifs is 2. The molecule has 5 rings (SSSR count). The zero-order valence-electron chi connectivity index (χ0n) is 18.3. The summed E-state index contributed by atoms with van der Waals surface area (Å²) in [5, 5.41) is 6.66. The molecule has 0 amide bonds. The van der Waals surface area contributed by atoms with Crippen molar-refractivity contribution >= 4 is 34.5 Å². The van der Waals surface area contributed by atoms with Crippen molar-refractivity contribution < 1.29 is 4.74 Å². The smallest absolute Gasteiger partial charge is 0.229 e. The number of hydrogen-bond acceptors (Lipinski definition) is 7. The van der Waals surface area contributed by atoms with E-state index < -0.39 is 0 Å². The molecule has 1 fully saturated rings. The number of benzene rings is 2. The van der Waals surface area contributed by atoms with E-state index >= 15 is 0 Å². The van der Waals surface area contributed by atoms with Crippen LogP contribution in [-0.4, -0.2) is 46.8 Å². The number of piperidine rings is 1. The highest BCUT2D eigenvalue weighted by Gasteiger charge is 2.15. The maximum atomic E-state index is 5.92. The van der Waals surface area contributed by atoms with E-state index in [1.165, 1.54) is 32.4 Å². The molecule has 32 heavy (non-hydrogen) atoms. The van der Waals surface area contributed by atoms with Gasteiger partial charge in [0.25, 0.3) is 0 Å². The molecule has 2 aliphatic heterocycles. The van der Waals surface area contributed by atoms with Gasteiger partial charge in [-0.3, -0.25) is 4.90 Å². The molecule has 2 aromatic carbocycles. The Hall–Kier alpha value is -3.45. The molecule has 7 nitrogen and oxygen atoms in total. The number of ether oxygens (including phenoxy) is 1. The molecule has 0 radical (unpaired) electrons. The molecule has 0 spiro atoms. The Morgan fingerprint density at radius 3 is 2.69 bits per heavy atom. The quantitative estimate of drug-likeness (QED) is 0.556. The van der Waals surface area contributed by atoms with Crippen LogP contribution < -0.4 is 15.4 Å². The Morgan fingerprint density at radius 2 is 1.84 bits per heavy atom. The van der Waals surface area contributed by atoms with Crippen molar-refractivity contribution in [3.63, 3.8) is 0 Å². The van der Waals surface area contributed by atoms with Crippen LogP contribution >= 0.6 is 0 Å². The Labute approximate surface area is 188 Å². The Balaban J connectivity index is 1.22. The molecule has 0 saturated carbocycles. The lowest BCUT2D eigenvalue weighted by atomic mass is 10.1. The lowest BCUT2D eigenvalue weighted by Crippen LogP contribution is -2.33. The summed E-state index contributed by atoms with van der Waals surface area (Å²) in [5.74, 6) is 2.07. The fourth-order valence-electron chi connectivity index (χ4n) is 4.12. The molecule has 0 aliphatic carbocycles. The van der Waals surface area contributed by atoms with Gasteiger partial charge in [0.05, 0.1) is 6.20 Å². The topological polar surface area (TPSA) is 74.7 Å². The summed E-state index contributed by atoms with van der Waals surface area (Å²) in [5.41, 5.74) is 4.62. The zero-order chi connectivity index (χ0) is 21.8. The predicted octanol–water partition coefficient (Wildman–Crippen LogP) is 5.28. The number of rotatable bonds is 6. The van der Waals surface area contributed by atoms with Crippen LogP contribution in [0.25, 0.3) is 0 Å². The van der Waals surface area contributed by atoms with E-state index in [9.17, 15) is 0 Å². The molecule has 0 atom stereocenters. The first-order valence-electron chi connectivity index (χ1n) is 11.3. The number of anilines is 4. The molecule has 164 valence electrons. The van der Waals surface area contributed by atoms with Crippen molar-refractivity contribution in [2.45, 2.75) is 26.2 Å². The normalized spacial score (nSPS) is 15.6. The molecule has 0 unspecified atom stereocenters. The molecule has 2 aliphatic rings. The Kier molecular flexibility index (Phi) is 5.98. The monoisotopic (exact) mass is 428 g/mol. The van der Waals surface area contributed by atoms with E-state index in [-0.39, 0.29) is 0 Å². The first-order chi connectivity index (χ1) is 15.7. The van der Waals surface area contributed by atoms with Crippen molar-refractivity contribution in [3.05, 3.63) is 60.3 Å². The first-order valence-corrected chi connectivity index (χ1v) is 11.3. The van der Waals surface area contributed by atoms with Gasteiger partial charge in [0, 0.05) is 29.2 Å². The molecule has 7 heteroatoms. The fourth-order valence-corrected chi connectivity index (χ4v) is 4.12. The van der Waals surface area contributed by atoms with Gasteiger partial charge in [-0.15, -0.1) is 0 Å². The molecule has 1 aromatic heterocycles. The predicted molar refractivity (Wildman–Crippen MR) is 129 cm³/mol. The van der Waals surface area contributed by atoms with Gasteiger partial charge < -0.3 is 15.4 Å². The van der Waals surface area contributed by atoms with Crippen LogP contribution in [0.15, 0.2) is 59.7 Å². The molecule has 2 N–H and O–H groups in total. The van der Waals surface area contributed by atoms with Crippen molar-refractivity contribution in [3.8, 4) is 5.75 Å². The number of para-hydroxylation sites is 1. The van der Waals surface area contributed by atoms with Gasteiger partial charge in [-0.25, -0.2) is 9.98 Å². The molecule has 1 saturated heterocycles. The third-order valence-corrected chi connectivity index (χ3v) is 5.86. The molecule has 0 bridgehead atoms. The second-order valence-electron chi connectivity index (χ2n) is 8.20. The first kappa shape index (κ1) is 20.5. The van der Waals surface area contributed by atoms with Crippen LogP contribution in [0.3, 0.4) is 0 Å². The lowest BCUT2D eigenvalue weighted by Gasteiger charge is -2.26. The maximum absolute atomic E-state index is 5.92. The van der Waals surface area contributed by atoms with E-state index in [4.69, 9.17) is 4.74 Å². The second kappa shape index (κ2) is 9.36. The van der Waals surface area contributed by atoms with Gasteiger partial charge in [-0.1, -0.05) is 24.6 Å². The van der Waals surface area contributed by atoms with Crippen LogP contribution in [0.2, 0.25) is 0 Å². The van der Waals surface area contributed by atoms with Gasteiger partial charge in [0.15, 0.2) is 5.82 Å². The number of aromatic nitrogens is 2. The minimum absolute atomic E-state index is 0.516. The zero-order valence-corrected chi connectivity index (χ0v) is 18.3. The number of nitrogens with one attached hydrogen (secondary N) is 2. The summed E-state index contributed by atoms with van der Waals surface area (Å²) in [4.78, 5) is 16.3. The van der Waals surface area contributed by atoms with Crippen molar-refractivity contribution in [1.29, 1.82) is 0 Å². The third-order valence-electron chi connectivity index (χ3n) is 5.86. The van der Waals surface area contributed by atoms with Crippen molar-refractivity contribution in [2.24, 2.45) is 4.99 Å². The van der Waals surface area contributed by atoms with Gasteiger partial charge >= 0.3 is 0 Å².